The lowest BCUT2D eigenvalue weighted by Crippen LogP contribution is -2.47. The SMILES string of the molecule is COC(=O)CN(C(=O)NCCC(O)C(=O)O)C(C)C. The Kier molecular flexibility index (Phi) is 7.50. The second kappa shape index (κ2) is 8.30. The van der Waals surface area contributed by atoms with Gasteiger partial charge in [-0.05, 0) is 13.8 Å². The van der Waals surface area contributed by atoms with Crippen molar-refractivity contribution in [3.8, 4) is 0 Å². The lowest BCUT2D eigenvalue weighted by Gasteiger charge is -2.25. The van der Waals surface area contributed by atoms with Gasteiger partial charge in [-0.1, -0.05) is 0 Å². The molecule has 0 aromatic carbocycles. The van der Waals surface area contributed by atoms with Crippen LogP contribution >= 0.6 is 0 Å². The van der Waals surface area contributed by atoms with Crippen LogP contribution in [0.3, 0.4) is 0 Å². The molecule has 0 aliphatic carbocycles. The largest absolute Gasteiger partial charge is 0.479 e. The first kappa shape index (κ1) is 17.2. The Labute approximate surface area is 111 Å². The van der Waals surface area contributed by atoms with E-state index in [1.165, 1.54) is 12.0 Å². The van der Waals surface area contributed by atoms with Gasteiger partial charge in [0.25, 0.3) is 0 Å². The number of hydrogen-bond donors (Lipinski definition) is 3. The summed E-state index contributed by atoms with van der Waals surface area (Å²) in [5.41, 5.74) is 0. The number of rotatable bonds is 7. The van der Waals surface area contributed by atoms with Crippen molar-refractivity contribution in [1.82, 2.24) is 10.2 Å². The number of carbonyl (C=O) groups is 3. The van der Waals surface area contributed by atoms with Gasteiger partial charge in [0, 0.05) is 19.0 Å². The van der Waals surface area contributed by atoms with Crippen molar-refractivity contribution in [2.45, 2.75) is 32.4 Å². The maximum atomic E-state index is 11.8. The van der Waals surface area contributed by atoms with Gasteiger partial charge in [-0.2, -0.15) is 0 Å². The number of nitrogens with one attached hydrogen (secondary N) is 1. The summed E-state index contributed by atoms with van der Waals surface area (Å²) in [7, 11) is 1.22. The van der Waals surface area contributed by atoms with Crippen molar-refractivity contribution < 1.29 is 29.3 Å². The number of aliphatic hydroxyl groups excluding tert-OH is 1. The van der Waals surface area contributed by atoms with Gasteiger partial charge in [-0.25, -0.2) is 9.59 Å². The fraction of sp³-hybridized carbons (Fsp3) is 0.727. The highest BCUT2D eigenvalue weighted by Gasteiger charge is 2.21. The summed E-state index contributed by atoms with van der Waals surface area (Å²) >= 11 is 0. The highest BCUT2D eigenvalue weighted by molar-refractivity contribution is 5.81. The van der Waals surface area contributed by atoms with E-state index in [9.17, 15) is 14.4 Å². The van der Waals surface area contributed by atoms with E-state index >= 15 is 0 Å². The minimum absolute atomic E-state index is 0.00328. The predicted molar refractivity (Wildman–Crippen MR) is 65.5 cm³/mol. The number of urea groups is 1. The van der Waals surface area contributed by atoms with Crippen LogP contribution in [0.4, 0.5) is 4.79 Å². The van der Waals surface area contributed by atoms with Crippen LogP contribution in [0, 0.1) is 0 Å². The number of carboxylic acids is 1. The highest BCUT2D eigenvalue weighted by Crippen LogP contribution is 2.00. The molecule has 0 bridgehead atoms. The summed E-state index contributed by atoms with van der Waals surface area (Å²) in [6, 6.07) is -0.735. The Morgan fingerprint density at radius 2 is 1.89 bits per heavy atom. The molecule has 2 amide bonds. The van der Waals surface area contributed by atoms with Crippen LogP contribution < -0.4 is 5.32 Å². The maximum Gasteiger partial charge on any atom is 0.332 e. The van der Waals surface area contributed by atoms with E-state index in [1.54, 1.807) is 13.8 Å². The number of nitrogens with zero attached hydrogens (tertiary/aromatic N) is 1. The molecule has 3 N–H and O–H groups in total. The van der Waals surface area contributed by atoms with Gasteiger partial charge in [-0.3, -0.25) is 4.79 Å². The van der Waals surface area contributed by atoms with Gasteiger partial charge < -0.3 is 25.2 Å². The van der Waals surface area contributed by atoms with Gasteiger partial charge in [0.05, 0.1) is 7.11 Å². The summed E-state index contributed by atoms with van der Waals surface area (Å²) in [4.78, 5) is 34.5. The van der Waals surface area contributed by atoms with Crippen molar-refractivity contribution in [3.05, 3.63) is 0 Å². The number of methoxy groups -OCH3 is 1. The summed E-state index contributed by atoms with van der Waals surface area (Å²) in [5, 5.41) is 19.9. The molecule has 110 valence electrons. The van der Waals surface area contributed by atoms with Crippen LogP contribution in [0.5, 0.6) is 0 Å². The first-order valence-electron chi connectivity index (χ1n) is 5.81. The Hall–Kier alpha value is -1.83. The molecule has 8 heteroatoms. The molecule has 8 nitrogen and oxygen atoms in total. The van der Waals surface area contributed by atoms with E-state index < -0.39 is 24.1 Å². The van der Waals surface area contributed by atoms with E-state index in [2.05, 4.69) is 10.1 Å². The third kappa shape index (κ3) is 6.61. The number of aliphatic hydroxyl groups is 1. The molecule has 0 saturated heterocycles. The number of carboxylic acid groups (broad SMARTS) is 1. The molecule has 19 heavy (non-hydrogen) atoms. The first-order chi connectivity index (χ1) is 8.79. The standard InChI is InChI=1S/C11H20N2O6/c1-7(2)13(6-9(15)19-3)11(18)12-5-4-8(14)10(16)17/h7-8,14H,4-6H2,1-3H3,(H,12,18)(H,16,17). The molecule has 0 heterocycles. The molecule has 0 spiro atoms. The summed E-state index contributed by atoms with van der Waals surface area (Å²) in [5.74, 6) is -1.89. The zero-order valence-corrected chi connectivity index (χ0v) is 11.3. The smallest absolute Gasteiger partial charge is 0.332 e. The van der Waals surface area contributed by atoms with Crippen LogP contribution in [-0.4, -0.2) is 65.4 Å². The Bertz CT molecular complexity index is 331. The van der Waals surface area contributed by atoms with Crippen molar-refractivity contribution >= 4 is 18.0 Å². The van der Waals surface area contributed by atoms with Crippen LogP contribution in [0.25, 0.3) is 0 Å². The monoisotopic (exact) mass is 276 g/mol. The third-order valence-electron chi connectivity index (χ3n) is 2.39. The molecule has 0 saturated carbocycles. The van der Waals surface area contributed by atoms with E-state index in [0.29, 0.717) is 0 Å². The summed E-state index contributed by atoms with van der Waals surface area (Å²) in [6.45, 7) is 3.27. The molecule has 0 aliphatic rings. The number of amides is 2. The quantitative estimate of drug-likeness (QED) is 0.535. The summed E-state index contributed by atoms with van der Waals surface area (Å²) < 4.78 is 4.48. The van der Waals surface area contributed by atoms with Gasteiger partial charge in [-0.15, -0.1) is 0 Å². The highest BCUT2D eigenvalue weighted by atomic mass is 16.5. The molecule has 0 aromatic rings. The van der Waals surface area contributed by atoms with Crippen molar-refractivity contribution in [3.63, 3.8) is 0 Å². The predicted octanol–water partition coefficient (Wildman–Crippen LogP) is -0.585. The Balaban J connectivity index is 4.26. The van der Waals surface area contributed by atoms with Crippen LogP contribution in [0.2, 0.25) is 0 Å². The first-order valence-corrected chi connectivity index (χ1v) is 5.81. The lowest BCUT2D eigenvalue weighted by atomic mass is 10.2. The van der Waals surface area contributed by atoms with Crippen LogP contribution in [0.1, 0.15) is 20.3 Å². The minimum Gasteiger partial charge on any atom is -0.479 e. The average Bonchev–Trinajstić information content (AvgIpc) is 2.34. The Morgan fingerprint density at radius 3 is 2.32 bits per heavy atom. The normalized spacial score (nSPS) is 11.8. The second-order valence-electron chi connectivity index (χ2n) is 4.17. The van der Waals surface area contributed by atoms with Crippen molar-refractivity contribution in [2.24, 2.45) is 0 Å². The molecule has 1 atom stereocenters. The van der Waals surface area contributed by atoms with E-state index in [4.69, 9.17) is 10.2 Å². The minimum atomic E-state index is -1.52. The number of ether oxygens (including phenoxy) is 1. The molecule has 0 aromatic heterocycles. The van der Waals surface area contributed by atoms with E-state index in [1.807, 2.05) is 0 Å². The average molecular weight is 276 g/mol. The molecule has 0 rings (SSSR count). The van der Waals surface area contributed by atoms with Crippen molar-refractivity contribution in [1.29, 1.82) is 0 Å². The molecule has 0 aliphatic heterocycles. The fourth-order valence-electron chi connectivity index (χ4n) is 1.23. The number of hydrogen-bond acceptors (Lipinski definition) is 5. The molecular formula is C11H20N2O6. The molecule has 0 fully saturated rings. The number of carbonyl (C=O) groups excluding carboxylic acids is 2. The zero-order chi connectivity index (χ0) is 15.0. The van der Waals surface area contributed by atoms with Crippen LogP contribution in [0.15, 0.2) is 0 Å². The third-order valence-corrected chi connectivity index (χ3v) is 2.39. The van der Waals surface area contributed by atoms with Crippen molar-refractivity contribution in [2.75, 3.05) is 20.2 Å². The summed E-state index contributed by atoms with van der Waals surface area (Å²) in [6.07, 6.45) is -1.63. The maximum absolute atomic E-state index is 11.8. The molecule has 0 radical (unpaired) electrons. The van der Waals surface area contributed by atoms with Gasteiger partial charge in [0.2, 0.25) is 0 Å². The molecular weight excluding hydrogens is 256 g/mol. The zero-order valence-electron chi connectivity index (χ0n) is 11.3. The topological polar surface area (TPSA) is 116 Å². The lowest BCUT2D eigenvalue weighted by molar-refractivity contribution is -0.146. The fourth-order valence-corrected chi connectivity index (χ4v) is 1.23. The molecule has 1 unspecified atom stereocenters. The van der Waals surface area contributed by atoms with Gasteiger partial charge >= 0.3 is 18.0 Å². The number of esters is 1. The van der Waals surface area contributed by atoms with Crippen LogP contribution in [-0.2, 0) is 14.3 Å². The van der Waals surface area contributed by atoms with Gasteiger partial charge in [0.15, 0.2) is 6.10 Å². The number of aliphatic carboxylic acids is 1. The van der Waals surface area contributed by atoms with E-state index in [-0.39, 0.29) is 25.6 Å². The van der Waals surface area contributed by atoms with E-state index in [0.717, 1.165) is 0 Å². The second-order valence-corrected chi connectivity index (χ2v) is 4.17. The Morgan fingerprint density at radius 1 is 1.32 bits per heavy atom. The van der Waals surface area contributed by atoms with Gasteiger partial charge in [0.1, 0.15) is 6.54 Å².